The highest BCUT2D eigenvalue weighted by molar-refractivity contribution is 14.0. The van der Waals surface area contributed by atoms with E-state index >= 15 is 0 Å². The van der Waals surface area contributed by atoms with E-state index in [4.69, 9.17) is 0 Å². The average molecular weight is 515 g/mol. The van der Waals surface area contributed by atoms with Crippen LogP contribution < -0.4 is 15.5 Å². The Kier molecular flexibility index (Phi) is 8.18. The highest BCUT2D eigenvalue weighted by atomic mass is 127. The van der Waals surface area contributed by atoms with Crippen LogP contribution in [0, 0.1) is 11.6 Å². The van der Waals surface area contributed by atoms with E-state index in [1.54, 1.807) is 31.4 Å². The largest absolute Gasteiger partial charge is 0.356 e. The number of benzene rings is 1. The van der Waals surface area contributed by atoms with Crippen molar-refractivity contribution in [2.75, 3.05) is 31.6 Å². The van der Waals surface area contributed by atoms with Crippen molar-refractivity contribution in [3.63, 3.8) is 0 Å². The Balaban J connectivity index is 0.00000300. The topological polar surface area (TPSA) is 52.6 Å². The SMILES string of the molecule is CN=C(NCC(C)(C)c1cccc(F)c1)NC1CCN(c2ncccc2F)C1.I. The quantitative estimate of drug-likeness (QED) is 0.363. The Labute approximate surface area is 188 Å². The molecule has 1 aromatic carbocycles. The van der Waals surface area contributed by atoms with Crippen molar-refractivity contribution in [3.8, 4) is 0 Å². The maximum Gasteiger partial charge on any atom is 0.191 e. The molecule has 0 radical (unpaired) electrons. The maximum atomic E-state index is 14.0. The fraction of sp³-hybridized carbons (Fsp3) is 0.429. The summed E-state index contributed by atoms with van der Waals surface area (Å²) in [6.45, 7) is 6.10. The van der Waals surface area contributed by atoms with E-state index < -0.39 is 0 Å². The highest BCUT2D eigenvalue weighted by Gasteiger charge is 2.27. The minimum absolute atomic E-state index is 0. The van der Waals surface area contributed by atoms with Crippen molar-refractivity contribution in [2.45, 2.75) is 31.7 Å². The standard InChI is InChI=1S/C21H27F2N5.HI/c1-21(2,15-6-4-7-16(22)12-15)14-26-20(24-3)27-17-9-11-28(13-17)19-18(23)8-5-10-25-19;/h4-8,10,12,17H,9,11,13-14H2,1-3H3,(H2,24,26,27);1H. The zero-order valence-electron chi connectivity index (χ0n) is 17.0. The van der Waals surface area contributed by atoms with E-state index in [2.05, 4.69) is 34.5 Å². The number of hydrogen-bond acceptors (Lipinski definition) is 3. The van der Waals surface area contributed by atoms with Crippen LogP contribution in [0.5, 0.6) is 0 Å². The molecule has 2 N–H and O–H groups in total. The van der Waals surface area contributed by atoms with Crippen LogP contribution in [0.4, 0.5) is 14.6 Å². The molecule has 1 unspecified atom stereocenters. The van der Waals surface area contributed by atoms with Crippen molar-refractivity contribution in [1.82, 2.24) is 15.6 Å². The van der Waals surface area contributed by atoms with Gasteiger partial charge in [0.15, 0.2) is 17.6 Å². The van der Waals surface area contributed by atoms with Crippen LogP contribution in [-0.2, 0) is 5.41 Å². The second kappa shape index (κ2) is 10.2. The minimum Gasteiger partial charge on any atom is -0.356 e. The molecule has 1 fully saturated rings. The number of halogens is 3. The summed E-state index contributed by atoms with van der Waals surface area (Å²) in [4.78, 5) is 10.4. The zero-order valence-corrected chi connectivity index (χ0v) is 19.3. The zero-order chi connectivity index (χ0) is 20.1. The predicted molar refractivity (Wildman–Crippen MR) is 124 cm³/mol. The van der Waals surface area contributed by atoms with E-state index in [9.17, 15) is 8.78 Å². The third-order valence-electron chi connectivity index (χ3n) is 5.10. The molecule has 2 aromatic rings. The third kappa shape index (κ3) is 6.01. The number of guanidine groups is 1. The lowest BCUT2D eigenvalue weighted by atomic mass is 9.84. The molecule has 29 heavy (non-hydrogen) atoms. The predicted octanol–water partition coefficient (Wildman–Crippen LogP) is 3.70. The Morgan fingerprint density at radius 1 is 1.28 bits per heavy atom. The van der Waals surface area contributed by atoms with Gasteiger partial charge in [0, 0.05) is 44.3 Å². The van der Waals surface area contributed by atoms with E-state index in [-0.39, 0.29) is 47.1 Å². The van der Waals surface area contributed by atoms with E-state index in [0.717, 1.165) is 18.5 Å². The van der Waals surface area contributed by atoms with E-state index in [1.165, 1.54) is 12.1 Å². The van der Waals surface area contributed by atoms with Crippen LogP contribution in [0.25, 0.3) is 0 Å². The fourth-order valence-corrected chi connectivity index (χ4v) is 3.38. The number of pyridine rings is 1. The first kappa shape index (κ1) is 23.3. The van der Waals surface area contributed by atoms with Crippen LogP contribution in [0.2, 0.25) is 0 Å². The number of rotatable bonds is 5. The van der Waals surface area contributed by atoms with Crippen molar-refractivity contribution >= 4 is 35.8 Å². The molecule has 1 aliphatic rings. The van der Waals surface area contributed by atoms with Gasteiger partial charge in [-0.2, -0.15) is 0 Å². The van der Waals surface area contributed by atoms with Crippen LogP contribution in [0.1, 0.15) is 25.8 Å². The summed E-state index contributed by atoms with van der Waals surface area (Å²) in [5, 5.41) is 6.72. The van der Waals surface area contributed by atoms with Gasteiger partial charge in [0.2, 0.25) is 0 Å². The van der Waals surface area contributed by atoms with Gasteiger partial charge in [-0.05, 0) is 36.2 Å². The van der Waals surface area contributed by atoms with Gasteiger partial charge in [0.1, 0.15) is 5.82 Å². The van der Waals surface area contributed by atoms with E-state index in [1.807, 2.05) is 11.0 Å². The molecule has 0 bridgehead atoms. The summed E-state index contributed by atoms with van der Waals surface area (Å²) in [6, 6.07) is 9.83. The molecule has 0 aliphatic carbocycles. The first-order chi connectivity index (χ1) is 13.4. The monoisotopic (exact) mass is 515 g/mol. The summed E-state index contributed by atoms with van der Waals surface area (Å²) < 4.78 is 27.5. The lowest BCUT2D eigenvalue weighted by molar-refractivity contribution is 0.500. The van der Waals surface area contributed by atoms with Gasteiger partial charge in [0.25, 0.3) is 0 Å². The van der Waals surface area contributed by atoms with Crippen LogP contribution in [0.3, 0.4) is 0 Å². The molecular formula is C21H28F2IN5. The van der Waals surface area contributed by atoms with Crippen LogP contribution >= 0.6 is 24.0 Å². The Morgan fingerprint density at radius 3 is 2.76 bits per heavy atom. The highest BCUT2D eigenvalue weighted by Crippen LogP contribution is 2.23. The van der Waals surface area contributed by atoms with Gasteiger partial charge < -0.3 is 15.5 Å². The van der Waals surface area contributed by atoms with Gasteiger partial charge in [-0.1, -0.05) is 26.0 Å². The lowest BCUT2D eigenvalue weighted by Gasteiger charge is -2.27. The molecule has 0 saturated carbocycles. The molecular weight excluding hydrogens is 487 g/mol. The van der Waals surface area contributed by atoms with Gasteiger partial charge in [-0.3, -0.25) is 4.99 Å². The summed E-state index contributed by atoms with van der Waals surface area (Å²) in [5.74, 6) is 0.531. The van der Waals surface area contributed by atoms with Gasteiger partial charge in [0.05, 0.1) is 0 Å². The van der Waals surface area contributed by atoms with Crippen molar-refractivity contribution in [2.24, 2.45) is 4.99 Å². The summed E-state index contributed by atoms with van der Waals surface area (Å²) in [5.41, 5.74) is 0.659. The van der Waals surface area contributed by atoms with Crippen molar-refractivity contribution in [1.29, 1.82) is 0 Å². The van der Waals surface area contributed by atoms with Crippen LogP contribution in [0.15, 0.2) is 47.6 Å². The molecule has 1 saturated heterocycles. The molecule has 0 spiro atoms. The minimum atomic E-state index is -0.303. The first-order valence-corrected chi connectivity index (χ1v) is 9.48. The Bertz CT molecular complexity index is 843. The van der Waals surface area contributed by atoms with E-state index in [0.29, 0.717) is 24.9 Å². The molecule has 5 nitrogen and oxygen atoms in total. The summed E-state index contributed by atoms with van der Waals surface area (Å²) in [7, 11) is 1.72. The molecule has 158 valence electrons. The average Bonchev–Trinajstić information content (AvgIpc) is 3.14. The molecule has 2 heterocycles. The first-order valence-electron chi connectivity index (χ1n) is 9.48. The van der Waals surface area contributed by atoms with Crippen molar-refractivity contribution in [3.05, 3.63) is 59.8 Å². The number of nitrogens with zero attached hydrogens (tertiary/aromatic N) is 3. The number of nitrogens with one attached hydrogen (secondary N) is 2. The number of anilines is 1. The Hall–Kier alpha value is -1.97. The van der Waals surface area contributed by atoms with Gasteiger partial charge >= 0.3 is 0 Å². The number of aromatic nitrogens is 1. The Morgan fingerprint density at radius 2 is 2.07 bits per heavy atom. The molecule has 0 amide bonds. The third-order valence-corrected chi connectivity index (χ3v) is 5.10. The molecule has 1 aliphatic heterocycles. The molecule has 1 atom stereocenters. The number of aliphatic imine (C=N–C) groups is 1. The molecule has 8 heteroatoms. The second-order valence-corrected chi connectivity index (χ2v) is 7.70. The second-order valence-electron chi connectivity index (χ2n) is 7.70. The molecule has 1 aromatic heterocycles. The summed E-state index contributed by atoms with van der Waals surface area (Å²) >= 11 is 0. The lowest BCUT2D eigenvalue weighted by Crippen LogP contribution is -2.48. The van der Waals surface area contributed by atoms with Crippen molar-refractivity contribution < 1.29 is 8.78 Å². The summed E-state index contributed by atoms with van der Waals surface area (Å²) in [6.07, 6.45) is 2.47. The smallest absolute Gasteiger partial charge is 0.191 e. The van der Waals surface area contributed by atoms with Gasteiger partial charge in [-0.25, -0.2) is 13.8 Å². The normalized spacial score (nSPS) is 17.1. The fourth-order valence-electron chi connectivity index (χ4n) is 3.38. The maximum absolute atomic E-state index is 14.0. The van der Waals surface area contributed by atoms with Gasteiger partial charge in [-0.15, -0.1) is 24.0 Å². The van der Waals surface area contributed by atoms with Crippen LogP contribution in [-0.4, -0.2) is 43.7 Å². The molecule has 3 rings (SSSR count). The number of hydrogen-bond donors (Lipinski definition) is 2.